The van der Waals surface area contributed by atoms with Crippen LogP contribution in [0.5, 0.6) is 0 Å². The number of esters is 1. The van der Waals surface area contributed by atoms with Crippen molar-refractivity contribution >= 4 is 11.9 Å². The summed E-state index contributed by atoms with van der Waals surface area (Å²) in [6, 6.07) is 3.35. The van der Waals surface area contributed by atoms with Gasteiger partial charge in [0.15, 0.2) is 5.41 Å². The molecule has 0 spiro atoms. The van der Waals surface area contributed by atoms with Crippen LogP contribution in [-0.4, -0.2) is 23.7 Å². The second kappa shape index (κ2) is 3.66. The molecule has 0 aromatic carbocycles. The molecule has 1 aliphatic carbocycles. The number of carboxylic acid groups (broad SMARTS) is 1. The summed E-state index contributed by atoms with van der Waals surface area (Å²) in [7, 11) is 0. The lowest BCUT2D eigenvalue weighted by Gasteiger charge is -2.09. The molecule has 16 heavy (non-hydrogen) atoms. The Morgan fingerprint density at radius 2 is 2.44 bits per heavy atom. The number of ether oxygens (including phenoxy) is 1. The van der Waals surface area contributed by atoms with Crippen molar-refractivity contribution in [2.45, 2.75) is 19.3 Å². The van der Waals surface area contributed by atoms with Gasteiger partial charge in [-0.05, 0) is 25.5 Å². The zero-order valence-corrected chi connectivity index (χ0v) is 8.80. The Bertz CT molecular complexity index is 408. The van der Waals surface area contributed by atoms with E-state index >= 15 is 0 Å². The quantitative estimate of drug-likeness (QED) is 0.618. The van der Waals surface area contributed by atoms with Crippen LogP contribution in [0.25, 0.3) is 0 Å². The highest BCUT2D eigenvalue weighted by Gasteiger charge is 2.69. The van der Waals surface area contributed by atoms with Crippen molar-refractivity contribution in [1.82, 2.24) is 0 Å². The minimum Gasteiger partial charge on any atom is -0.480 e. The van der Waals surface area contributed by atoms with Crippen molar-refractivity contribution < 1.29 is 23.8 Å². The summed E-state index contributed by atoms with van der Waals surface area (Å²) in [4.78, 5) is 22.8. The van der Waals surface area contributed by atoms with Gasteiger partial charge in [-0.1, -0.05) is 0 Å². The van der Waals surface area contributed by atoms with E-state index in [9.17, 15) is 9.59 Å². The molecule has 0 amide bonds. The van der Waals surface area contributed by atoms with E-state index in [1.807, 2.05) is 0 Å². The Kier molecular flexibility index (Phi) is 2.46. The van der Waals surface area contributed by atoms with Crippen LogP contribution in [0.4, 0.5) is 0 Å². The zero-order valence-electron chi connectivity index (χ0n) is 8.80. The number of carboxylic acids is 1. The van der Waals surface area contributed by atoms with E-state index in [-0.39, 0.29) is 13.0 Å². The molecule has 1 aromatic rings. The molecule has 1 fully saturated rings. The maximum Gasteiger partial charge on any atom is 0.324 e. The molecule has 0 saturated heterocycles. The third kappa shape index (κ3) is 1.39. The minimum absolute atomic E-state index is 0.179. The number of aliphatic carboxylic acids is 1. The molecular weight excluding hydrogens is 212 g/mol. The third-order valence-electron chi connectivity index (χ3n) is 2.87. The number of hydrogen-bond acceptors (Lipinski definition) is 4. The van der Waals surface area contributed by atoms with E-state index in [0.29, 0.717) is 5.76 Å². The summed E-state index contributed by atoms with van der Waals surface area (Å²) in [5.74, 6) is -1.70. The molecule has 1 N–H and O–H groups in total. The zero-order chi connectivity index (χ0) is 11.8. The summed E-state index contributed by atoms with van der Waals surface area (Å²) in [6.45, 7) is 1.83. The highest BCUT2D eigenvalue weighted by Crippen LogP contribution is 2.60. The standard InChI is InChI=1S/C11H12O5/c1-2-15-10(14)11(9(12)13)6-7(11)8-4-3-5-16-8/h3-5,7H,2,6H2,1H3,(H,12,13). The van der Waals surface area contributed by atoms with Gasteiger partial charge in [-0.25, -0.2) is 0 Å². The molecule has 1 aromatic heterocycles. The van der Waals surface area contributed by atoms with Gasteiger partial charge in [0.25, 0.3) is 0 Å². The molecule has 5 nitrogen and oxygen atoms in total. The van der Waals surface area contributed by atoms with Crippen molar-refractivity contribution in [1.29, 1.82) is 0 Å². The van der Waals surface area contributed by atoms with E-state index < -0.39 is 23.3 Å². The van der Waals surface area contributed by atoms with Gasteiger partial charge >= 0.3 is 11.9 Å². The maximum atomic E-state index is 11.6. The second-order valence-electron chi connectivity index (χ2n) is 3.77. The van der Waals surface area contributed by atoms with Crippen molar-refractivity contribution in [2.75, 3.05) is 6.61 Å². The minimum atomic E-state index is -1.44. The van der Waals surface area contributed by atoms with E-state index in [2.05, 4.69) is 0 Å². The van der Waals surface area contributed by atoms with Gasteiger partial charge in [-0.3, -0.25) is 9.59 Å². The molecule has 1 aliphatic rings. The normalized spacial score (nSPS) is 27.4. The number of carbonyl (C=O) groups is 2. The first-order valence-corrected chi connectivity index (χ1v) is 5.07. The molecule has 2 atom stereocenters. The van der Waals surface area contributed by atoms with Crippen LogP contribution in [0.2, 0.25) is 0 Å². The Hall–Kier alpha value is -1.78. The smallest absolute Gasteiger partial charge is 0.324 e. The largest absolute Gasteiger partial charge is 0.480 e. The Labute approximate surface area is 92.0 Å². The molecule has 2 rings (SSSR count). The Morgan fingerprint density at radius 1 is 1.69 bits per heavy atom. The summed E-state index contributed by atoms with van der Waals surface area (Å²) in [6.07, 6.45) is 1.71. The Balaban J connectivity index is 2.22. The lowest BCUT2D eigenvalue weighted by Crippen LogP contribution is -2.29. The fourth-order valence-corrected chi connectivity index (χ4v) is 1.91. The van der Waals surface area contributed by atoms with Crippen molar-refractivity contribution in [3.63, 3.8) is 0 Å². The van der Waals surface area contributed by atoms with Gasteiger partial charge in [0, 0.05) is 5.92 Å². The topological polar surface area (TPSA) is 76.7 Å². The lowest BCUT2D eigenvalue weighted by atomic mass is 10.0. The van der Waals surface area contributed by atoms with Crippen LogP contribution >= 0.6 is 0 Å². The maximum absolute atomic E-state index is 11.6. The van der Waals surface area contributed by atoms with Gasteiger partial charge in [-0.2, -0.15) is 0 Å². The van der Waals surface area contributed by atoms with Crippen molar-refractivity contribution in [3.05, 3.63) is 24.2 Å². The molecular formula is C11H12O5. The molecule has 0 radical (unpaired) electrons. The van der Waals surface area contributed by atoms with E-state index in [0.717, 1.165) is 0 Å². The number of furan rings is 1. The Morgan fingerprint density at radius 3 is 2.94 bits per heavy atom. The van der Waals surface area contributed by atoms with Crippen molar-refractivity contribution in [2.24, 2.45) is 5.41 Å². The SMILES string of the molecule is CCOC(=O)C1(C(=O)O)CC1c1ccco1. The van der Waals surface area contributed by atoms with Crippen LogP contribution in [0.3, 0.4) is 0 Å². The van der Waals surface area contributed by atoms with Crippen LogP contribution in [0.1, 0.15) is 25.0 Å². The summed E-state index contributed by atoms with van der Waals surface area (Å²) >= 11 is 0. The summed E-state index contributed by atoms with van der Waals surface area (Å²) in [5, 5.41) is 9.13. The van der Waals surface area contributed by atoms with Gasteiger partial charge in [0.05, 0.1) is 12.9 Å². The molecule has 1 saturated carbocycles. The number of carbonyl (C=O) groups excluding carboxylic acids is 1. The number of hydrogen-bond donors (Lipinski definition) is 1. The van der Waals surface area contributed by atoms with Gasteiger partial charge in [0.1, 0.15) is 5.76 Å². The molecule has 2 unspecified atom stereocenters. The molecule has 86 valence electrons. The lowest BCUT2D eigenvalue weighted by molar-refractivity contribution is -0.161. The monoisotopic (exact) mass is 224 g/mol. The van der Waals surface area contributed by atoms with Crippen LogP contribution in [0, 0.1) is 5.41 Å². The van der Waals surface area contributed by atoms with Crippen LogP contribution < -0.4 is 0 Å². The van der Waals surface area contributed by atoms with Crippen LogP contribution in [0.15, 0.2) is 22.8 Å². The predicted molar refractivity (Wildman–Crippen MR) is 52.8 cm³/mol. The first-order valence-electron chi connectivity index (χ1n) is 5.07. The third-order valence-corrected chi connectivity index (χ3v) is 2.87. The van der Waals surface area contributed by atoms with Crippen molar-refractivity contribution in [3.8, 4) is 0 Å². The fraction of sp³-hybridized carbons (Fsp3) is 0.455. The van der Waals surface area contributed by atoms with Gasteiger partial charge < -0.3 is 14.3 Å². The fourth-order valence-electron chi connectivity index (χ4n) is 1.91. The highest BCUT2D eigenvalue weighted by molar-refractivity contribution is 6.04. The van der Waals surface area contributed by atoms with E-state index in [1.54, 1.807) is 19.1 Å². The molecule has 1 heterocycles. The molecule has 0 bridgehead atoms. The molecule has 5 heteroatoms. The highest BCUT2D eigenvalue weighted by atomic mass is 16.5. The summed E-state index contributed by atoms with van der Waals surface area (Å²) < 4.78 is 9.92. The predicted octanol–water partition coefficient (Wildman–Crippen LogP) is 1.40. The van der Waals surface area contributed by atoms with Gasteiger partial charge in [0.2, 0.25) is 0 Å². The van der Waals surface area contributed by atoms with E-state index in [4.69, 9.17) is 14.3 Å². The van der Waals surface area contributed by atoms with Crippen LogP contribution in [-0.2, 0) is 14.3 Å². The van der Waals surface area contributed by atoms with E-state index in [1.165, 1.54) is 6.26 Å². The average molecular weight is 224 g/mol. The first-order chi connectivity index (χ1) is 7.63. The molecule has 0 aliphatic heterocycles. The first kappa shape index (κ1) is 10.7. The van der Waals surface area contributed by atoms with Gasteiger partial charge in [-0.15, -0.1) is 0 Å². The summed E-state index contributed by atoms with van der Waals surface area (Å²) in [5.41, 5.74) is -1.44. The second-order valence-corrected chi connectivity index (χ2v) is 3.77. The number of rotatable bonds is 4. The average Bonchev–Trinajstić information content (AvgIpc) is 2.78.